The van der Waals surface area contributed by atoms with E-state index in [1.54, 1.807) is 6.20 Å². The maximum Gasteiger partial charge on any atom is 0.224 e. The van der Waals surface area contributed by atoms with E-state index in [4.69, 9.17) is 17.3 Å². The highest BCUT2D eigenvalue weighted by Crippen LogP contribution is 2.14. The fraction of sp³-hybridized carbons (Fsp3) is 0.444. The number of aryl methyl sites for hydroxylation is 1. The van der Waals surface area contributed by atoms with Gasteiger partial charge in [-0.3, -0.25) is 4.79 Å². The molecule has 0 aliphatic heterocycles. The van der Waals surface area contributed by atoms with Crippen LogP contribution < -0.4 is 11.1 Å². The highest BCUT2D eigenvalue weighted by molar-refractivity contribution is 6.28. The van der Waals surface area contributed by atoms with Crippen molar-refractivity contribution < 1.29 is 4.79 Å². The lowest BCUT2D eigenvalue weighted by Gasteiger charge is -2.14. The van der Waals surface area contributed by atoms with E-state index >= 15 is 0 Å². The molecule has 0 aliphatic rings. The van der Waals surface area contributed by atoms with E-state index in [0.29, 0.717) is 5.82 Å². The molecular formula is C9H13ClN4O. The molecule has 1 amide bonds. The molecule has 3 N–H and O–H groups in total. The van der Waals surface area contributed by atoms with Gasteiger partial charge in [-0.15, -0.1) is 0 Å². The predicted octanol–water partition coefficient (Wildman–Crippen LogP) is 1.11. The Morgan fingerprint density at radius 2 is 2.40 bits per heavy atom. The number of aromatic nitrogens is 2. The minimum absolute atomic E-state index is 0.0767. The van der Waals surface area contributed by atoms with Crippen LogP contribution in [0.2, 0.25) is 5.28 Å². The van der Waals surface area contributed by atoms with Crippen LogP contribution in [0.4, 0.5) is 5.82 Å². The van der Waals surface area contributed by atoms with Crippen molar-refractivity contribution in [1.29, 1.82) is 0 Å². The van der Waals surface area contributed by atoms with E-state index in [0.717, 1.165) is 5.56 Å². The summed E-state index contributed by atoms with van der Waals surface area (Å²) in [6.45, 7) is 3.70. The zero-order valence-corrected chi connectivity index (χ0v) is 9.38. The van der Waals surface area contributed by atoms with Gasteiger partial charge in [0.15, 0.2) is 0 Å². The molecule has 0 radical (unpaired) electrons. The van der Waals surface area contributed by atoms with Gasteiger partial charge in [0.1, 0.15) is 5.82 Å². The first kappa shape index (κ1) is 11.7. The predicted molar refractivity (Wildman–Crippen MR) is 58.7 cm³/mol. The molecule has 1 unspecified atom stereocenters. The number of nitrogens with one attached hydrogen (secondary N) is 1. The molecule has 6 heteroatoms. The first-order valence-corrected chi connectivity index (χ1v) is 4.91. The molecule has 1 heterocycles. The standard InChI is InChI=1S/C9H13ClN4O/c1-5-4-12-9(10)14-8(5)13-6(2)3-7(11)15/h4,6H,3H2,1-2H3,(H2,11,15)(H,12,13,14). The van der Waals surface area contributed by atoms with Gasteiger partial charge in [-0.1, -0.05) is 0 Å². The van der Waals surface area contributed by atoms with E-state index in [1.807, 2.05) is 13.8 Å². The van der Waals surface area contributed by atoms with Gasteiger partial charge >= 0.3 is 0 Å². The summed E-state index contributed by atoms with van der Waals surface area (Å²) >= 11 is 5.65. The average Bonchev–Trinajstić information content (AvgIpc) is 2.10. The fourth-order valence-corrected chi connectivity index (χ4v) is 1.29. The molecule has 0 fully saturated rings. The second kappa shape index (κ2) is 4.93. The zero-order valence-electron chi connectivity index (χ0n) is 8.62. The van der Waals surface area contributed by atoms with Gasteiger partial charge < -0.3 is 11.1 Å². The van der Waals surface area contributed by atoms with Crippen molar-refractivity contribution in [3.05, 3.63) is 17.0 Å². The molecule has 1 rings (SSSR count). The van der Waals surface area contributed by atoms with E-state index in [9.17, 15) is 4.79 Å². The molecule has 0 aromatic carbocycles. The second-order valence-electron chi connectivity index (χ2n) is 3.39. The zero-order chi connectivity index (χ0) is 11.4. The Labute approximate surface area is 93.0 Å². The summed E-state index contributed by atoms with van der Waals surface area (Å²) in [4.78, 5) is 18.5. The number of halogens is 1. The average molecular weight is 229 g/mol. The van der Waals surface area contributed by atoms with Crippen molar-refractivity contribution in [3.8, 4) is 0 Å². The minimum atomic E-state index is -0.354. The van der Waals surface area contributed by atoms with E-state index in [-0.39, 0.29) is 23.7 Å². The van der Waals surface area contributed by atoms with Gasteiger partial charge in [-0.25, -0.2) is 9.97 Å². The summed E-state index contributed by atoms with van der Waals surface area (Å²) in [5, 5.41) is 3.22. The lowest BCUT2D eigenvalue weighted by Crippen LogP contribution is -2.24. The summed E-state index contributed by atoms with van der Waals surface area (Å²) in [6.07, 6.45) is 1.87. The molecule has 1 aromatic heterocycles. The van der Waals surface area contributed by atoms with Crippen molar-refractivity contribution in [2.75, 3.05) is 5.32 Å². The van der Waals surface area contributed by atoms with Crippen LogP contribution in [0.15, 0.2) is 6.20 Å². The molecule has 15 heavy (non-hydrogen) atoms. The number of rotatable bonds is 4. The molecule has 1 aromatic rings. The minimum Gasteiger partial charge on any atom is -0.370 e. The van der Waals surface area contributed by atoms with Crippen molar-refractivity contribution in [2.24, 2.45) is 5.73 Å². The van der Waals surface area contributed by atoms with E-state index in [2.05, 4.69) is 15.3 Å². The lowest BCUT2D eigenvalue weighted by atomic mass is 10.2. The number of nitrogens with two attached hydrogens (primary N) is 1. The van der Waals surface area contributed by atoms with Gasteiger partial charge in [0.05, 0.1) is 0 Å². The third-order valence-corrected chi connectivity index (χ3v) is 2.01. The summed E-state index contributed by atoms with van der Waals surface area (Å²) in [5.41, 5.74) is 5.95. The van der Waals surface area contributed by atoms with Crippen LogP contribution in [0.25, 0.3) is 0 Å². The first-order chi connectivity index (χ1) is 6.99. The van der Waals surface area contributed by atoms with Crippen molar-refractivity contribution in [2.45, 2.75) is 26.3 Å². The third-order valence-electron chi connectivity index (χ3n) is 1.83. The molecule has 0 bridgehead atoms. The van der Waals surface area contributed by atoms with Crippen molar-refractivity contribution in [3.63, 3.8) is 0 Å². The quantitative estimate of drug-likeness (QED) is 0.757. The van der Waals surface area contributed by atoms with Crippen molar-refractivity contribution in [1.82, 2.24) is 9.97 Å². The molecular weight excluding hydrogens is 216 g/mol. The number of anilines is 1. The highest BCUT2D eigenvalue weighted by Gasteiger charge is 2.09. The summed E-state index contributed by atoms with van der Waals surface area (Å²) in [5.74, 6) is 0.275. The lowest BCUT2D eigenvalue weighted by molar-refractivity contribution is -0.118. The summed E-state index contributed by atoms with van der Waals surface area (Å²) in [7, 11) is 0. The Hall–Kier alpha value is -1.36. The summed E-state index contributed by atoms with van der Waals surface area (Å²) in [6, 6.07) is -0.0767. The number of amides is 1. The van der Waals surface area contributed by atoms with Crippen LogP contribution in [0.1, 0.15) is 18.9 Å². The Bertz CT molecular complexity index is 369. The Morgan fingerprint density at radius 1 is 1.73 bits per heavy atom. The van der Waals surface area contributed by atoms with Gasteiger partial charge in [-0.2, -0.15) is 0 Å². The number of carbonyl (C=O) groups is 1. The van der Waals surface area contributed by atoms with Crippen LogP contribution in [-0.2, 0) is 4.79 Å². The van der Waals surface area contributed by atoms with Crippen LogP contribution in [0.3, 0.4) is 0 Å². The van der Waals surface area contributed by atoms with Crippen LogP contribution >= 0.6 is 11.6 Å². The van der Waals surface area contributed by atoms with Gasteiger partial charge in [-0.05, 0) is 25.4 Å². The summed E-state index contributed by atoms with van der Waals surface area (Å²) < 4.78 is 0. The number of primary amides is 1. The molecule has 82 valence electrons. The number of hydrogen-bond acceptors (Lipinski definition) is 4. The van der Waals surface area contributed by atoms with Crippen molar-refractivity contribution >= 4 is 23.3 Å². The van der Waals surface area contributed by atoms with Gasteiger partial charge in [0.25, 0.3) is 0 Å². The molecule has 0 saturated heterocycles. The number of carbonyl (C=O) groups excluding carboxylic acids is 1. The molecule has 0 aliphatic carbocycles. The smallest absolute Gasteiger partial charge is 0.224 e. The normalized spacial score (nSPS) is 12.2. The largest absolute Gasteiger partial charge is 0.370 e. The van der Waals surface area contributed by atoms with Crippen LogP contribution in [-0.4, -0.2) is 21.9 Å². The third kappa shape index (κ3) is 3.71. The molecule has 0 saturated carbocycles. The van der Waals surface area contributed by atoms with Crippen LogP contribution in [0.5, 0.6) is 0 Å². The fourth-order valence-electron chi connectivity index (χ4n) is 1.15. The Morgan fingerprint density at radius 3 is 3.00 bits per heavy atom. The molecule has 0 spiro atoms. The second-order valence-corrected chi connectivity index (χ2v) is 3.72. The Kier molecular flexibility index (Phi) is 3.85. The van der Waals surface area contributed by atoms with Crippen LogP contribution in [0, 0.1) is 6.92 Å². The number of nitrogens with zero attached hydrogens (tertiary/aromatic N) is 2. The monoisotopic (exact) mass is 228 g/mol. The first-order valence-electron chi connectivity index (χ1n) is 4.53. The van der Waals surface area contributed by atoms with Gasteiger partial charge in [0, 0.05) is 24.2 Å². The van der Waals surface area contributed by atoms with E-state index in [1.165, 1.54) is 0 Å². The SMILES string of the molecule is Cc1cnc(Cl)nc1NC(C)CC(N)=O. The highest BCUT2D eigenvalue weighted by atomic mass is 35.5. The Balaban J connectivity index is 2.71. The number of hydrogen-bond donors (Lipinski definition) is 2. The van der Waals surface area contributed by atoms with Gasteiger partial charge in [0.2, 0.25) is 11.2 Å². The molecule has 5 nitrogen and oxygen atoms in total. The molecule has 1 atom stereocenters. The van der Waals surface area contributed by atoms with E-state index < -0.39 is 0 Å². The maximum atomic E-state index is 10.7. The topological polar surface area (TPSA) is 80.9 Å². The maximum absolute atomic E-state index is 10.7.